The Balaban J connectivity index is 2.05. The zero-order valence-electron chi connectivity index (χ0n) is 14.7. The molecule has 2 heterocycles. The highest BCUT2D eigenvalue weighted by Crippen LogP contribution is 2.25. The molecule has 3 aromatic rings. The summed E-state index contributed by atoms with van der Waals surface area (Å²) < 4.78 is 6.65. The van der Waals surface area contributed by atoms with Crippen LogP contribution in [0.15, 0.2) is 47.7 Å². The van der Waals surface area contributed by atoms with Gasteiger partial charge in [0, 0.05) is 11.8 Å². The minimum atomic E-state index is -0.456. The van der Waals surface area contributed by atoms with Gasteiger partial charge in [-0.3, -0.25) is 5.32 Å². The summed E-state index contributed by atoms with van der Waals surface area (Å²) in [5, 5.41) is 16.1. The molecule has 0 radical (unpaired) electrons. The number of rotatable bonds is 4. The third-order valence-electron chi connectivity index (χ3n) is 3.63. The smallest absolute Gasteiger partial charge is 0.343 e. The van der Waals surface area contributed by atoms with E-state index in [1.54, 1.807) is 23.7 Å². The van der Waals surface area contributed by atoms with Gasteiger partial charge in [0.1, 0.15) is 5.56 Å². The predicted molar refractivity (Wildman–Crippen MR) is 104 cm³/mol. The molecule has 0 atom stereocenters. The van der Waals surface area contributed by atoms with Crippen molar-refractivity contribution >= 4 is 34.2 Å². The predicted octanol–water partition coefficient (Wildman–Crippen LogP) is 2.99. The van der Waals surface area contributed by atoms with Gasteiger partial charge in [-0.15, -0.1) is 0 Å². The van der Waals surface area contributed by atoms with Gasteiger partial charge >= 0.3 is 5.97 Å². The zero-order chi connectivity index (χ0) is 19.2. The molecule has 0 fully saturated rings. The fourth-order valence-corrected chi connectivity index (χ4v) is 2.83. The summed E-state index contributed by atoms with van der Waals surface area (Å²) in [6, 6.07) is 9.29. The molecule has 0 bridgehead atoms. The summed E-state index contributed by atoms with van der Waals surface area (Å²) in [5.41, 5.74) is 3.03. The van der Waals surface area contributed by atoms with Crippen molar-refractivity contribution in [1.82, 2.24) is 19.9 Å². The van der Waals surface area contributed by atoms with Crippen molar-refractivity contribution in [3.63, 3.8) is 0 Å². The number of amidine groups is 1. The molecule has 0 aliphatic carbocycles. The number of hydrogen-bond acceptors (Lipinski definition) is 7. The van der Waals surface area contributed by atoms with E-state index < -0.39 is 5.97 Å². The van der Waals surface area contributed by atoms with Crippen molar-refractivity contribution in [3.05, 3.63) is 48.3 Å². The van der Waals surface area contributed by atoms with E-state index in [4.69, 9.17) is 10.00 Å². The molecule has 0 unspecified atom stereocenters. The summed E-state index contributed by atoms with van der Waals surface area (Å²) in [6.07, 6.45) is 6.77. The van der Waals surface area contributed by atoms with Crippen LogP contribution in [-0.2, 0) is 4.74 Å². The number of nitrogens with one attached hydrogen (secondary N) is 1. The molecule has 0 aliphatic heterocycles. The average Bonchev–Trinajstić information content (AvgIpc) is 3.12. The lowest BCUT2D eigenvalue weighted by Gasteiger charge is -2.06. The molecule has 2 aromatic heterocycles. The second-order valence-corrected chi connectivity index (χ2v) is 6.05. The molecule has 8 nitrogen and oxygen atoms in total. The van der Waals surface area contributed by atoms with E-state index in [9.17, 15) is 4.79 Å². The van der Waals surface area contributed by atoms with Crippen LogP contribution in [0, 0.1) is 11.5 Å². The summed E-state index contributed by atoms with van der Waals surface area (Å²) in [7, 11) is 0. The number of carbonyl (C=O) groups excluding carboxylic acids is 1. The van der Waals surface area contributed by atoms with Gasteiger partial charge in [-0.1, -0.05) is 23.9 Å². The first-order chi connectivity index (χ1) is 13.2. The Morgan fingerprint density at radius 3 is 3.04 bits per heavy atom. The third kappa shape index (κ3) is 3.91. The Kier molecular flexibility index (Phi) is 5.68. The standard InChI is InChI=1S/C18H16N6O2S/c1-3-26-17(25)14-10-22-24-15(7-8-20-16(14)24)12-5-4-6-13(9-12)23-18(27-2)21-11-19/h4-10H,3H2,1-2H3,(H,21,23). The number of carbonyl (C=O) groups is 1. The van der Waals surface area contributed by atoms with Gasteiger partial charge in [-0.05, 0) is 31.4 Å². The number of aliphatic imine (C=N–C) groups is 1. The van der Waals surface area contributed by atoms with Gasteiger partial charge in [0.25, 0.3) is 0 Å². The largest absolute Gasteiger partial charge is 0.462 e. The quantitative estimate of drug-likeness (QED) is 0.244. The van der Waals surface area contributed by atoms with E-state index in [0.717, 1.165) is 11.3 Å². The lowest BCUT2D eigenvalue weighted by molar-refractivity contribution is 0.0528. The molecule has 0 saturated carbocycles. The molecule has 9 heteroatoms. The van der Waals surface area contributed by atoms with Crippen molar-refractivity contribution in [2.45, 2.75) is 6.92 Å². The van der Waals surface area contributed by atoms with E-state index in [-0.39, 0.29) is 6.61 Å². The Morgan fingerprint density at radius 2 is 2.30 bits per heavy atom. The van der Waals surface area contributed by atoms with Gasteiger partial charge < -0.3 is 4.74 Å². The van der Waals surface area contributed by atoms with E-state index in [1.165, 1.54) is 18.0 Å². The number of aromatic nitrogens is 3. The monoisotopic (exact) mass is 380 g/mol. The summed E-state index contributed by atoms with van der Waals surface area (Å²) in [5.74, 6) is -0.456. The molecule has 27 heavy (non-hydrogen) atoms. The van der Waals surface area contributed by atoms with Crippen molar-refractivity contribution in [2.75, 3.05) is 12.9 Å². The first kappa shape index (κ1) is 18.4. The van der Waals surface area contributed by atoms with Crippen molar-refractivity contribution in [1.29, 1.82) is 5.26 Å². The molecule has 0 spiro atoms. The molecule has 0 saturated heterocycles. The number of ether oxygens (including phenoxy) is 1. The van der Waals surface area contributed by atoms with Crippen LogP contribution < -0.4 is 5.32 Å². The second-order valence-electron chi connectivity index (χ2n) is 5.25. The van der Waals surface area contributed by atoms with Gasteiger partial charge in [0.15, 0.2) is 17.0 Å². The van der Waals surface area contributed by atoms with Crippen LogP contribution in [0.3, 0.4) is 0 Å². The molecule has 1 aromatic carbocycles. The lowest BCUT2D eigenvalue weighted by Crippen LogP contribution is -2.12. The van der Waals surface area contributed by atoms with Crippen LogP contribution >= 0.6 is 11.8 Å². The molecule has 1 N–H and O–H groups in total. The van der Waals surface area contributed by atoms with E-state index in [0.29, 0.717) is 22.1 Å². The average molecular weight is 380 g/mol. The number of nitriles is 1. The minimum Gasteiger partial charge on any atom is -0.462 e. The third-order valence-corrected chi connectivity index (χ3v) is 4.21. The van der Waals surface area contributed by atoms with Crippen LogP contribution in [0.4, 0.5) is 5.69 Å². The maximum Gasteiger partial charge on any atom is 0.343 e. The number of benzene rings is 1. The second kappa shape index (κ2) is 8.33. The van der Waals surface area contributed by atoms with Crippen LogP contribution in [0.1, 0.15) is 17.3 Å². The molecular formula is C18H16N6O2S. The van der Waals surface area contributed by atoms with Crippen LogP contribution in [-0.4, -0.2) is 38.6 Å². The number of esters is 1. The van der Waals surface area contributed by atoms with Crippen LogP contribution in [0.2, 0.25) is 0 Å². The van der Waals surface area contributed by atoms with E-state index in [2.05, 4.69) is 20.4 Å². The topological polar surface area (TPSA) is 105 Å². The molecule has 0 amide bonds. The van der Waals surface area contributed by atoms with Crippen LogP contribution in [0.25, 0.3) is 16.9 Å². The molecule has 3 rings (SSSR count). The van der Waals surface area contributed by atoms with E-state index in [1.807, 2.05) is 36.7 Å². The number of thioether (sulfide) groups is 1. The Labute approximate surface area is 159 Å². The van der Waals surface area contributed by atoms with Crippen molar-refractivity contribution in [2.24, 2.45) is 4.99 Å². The van der Waals surface area contributed by atoms with Crippen LogP contribution in [0.5, 0.6) is 0 Å². The summed E-state index contributed by atoms with van der Waals surface area (Å²) in [6.45, 7) is 2.03. The van der Waals surface area contributed by atoms with Gasteiger partial charge in [-0.25, -0.2) is 19.3 Å². The van der Waals surface area contributed by atoms with Gasteiger partial charge in [0.2, 0.25) is 0 Å². The maximum absolute atomic E-state index is 12.1. The van der Waals surface area contributed by atoms with Gasteiger partial charge in [0.05, 0.1) is 24.2 Å². The maximum atomic E-state index is 12.1. The fraction of sp³-hybridized carbons (Fsp3) is 0.167. The van der Waals surface area contributed by atoms with Crippen molar-refractivity contribution < 1.29 is 9.53 Å². The lowest BCUT2D eigenvalue weighted by atomic mass is 10.1. The number of nitrogens with zero attached hydrogens (tertiary/aromatic N) is 5. The minimum absolute atomic E-state index is 0.282. The van der Waals surface area contributed by atoms with E-state index >= 15 is 0 Å². The number of fused-ring (bicyclic) bond motifs is 1. The Bertz CT molecular complexity index is 1050. The SMILES string of the molecule is CCOC(=O)c1cnn2c(-c3cccc(N=C(NC#N)SC)c3)ccnc12. The highest BCUT2D eigenvalue weighted by molar-refractivity contribution is 8.13. The number of hydrogen-bond donors (Lipinski definition) is 1. The highest BCUT2D eigenvalue weighted by atomic mass is 32.2. The normalized spacial score (nSPS) is 11.2. The Hall–Kier alpha value is -3.38. The zero-order valence-corrected chi connectivity index (χ0v) is 15.5. The summed E-state index contributed by atoms with van der Waals surface area (Å²) in [4.78, 5) is 20.7. The van der Waals surface area contributed by atoms with Gasteiger partial charge in [-0.2, -0.15) is 10.4 Å². The fourth-order valence-electron chi connectivity index (χ4n) is 2.49. The molecular weight excluding hydrogens is 364 g/mol. The molecule has 0 aliphatic rings. The van der Waals surface area contributed by atoms with Crippen molar-refractivity contribution in [3.8, 4) is 17.5 Å². The first-order valence-corrected chi connectivity index (χ1v) is 9.28. The molecule has 136 valence electrons. The Morgan fingerprint density at radius 1 is 1.44 bits per heavy atom. The highest BCUT2D eigenvalue weighted by Gasteiger charge is 2.17. The summed E-state index contributed by atoms with van der Waals surface area (Å²) >= 11 is 1.34. The first-order valence-electron chi connectivity index (χ1n) is 8.06.